The highest BCUT2D eigenvalue weighted by Gasteiger charge is 2.56. The molecule has 3 saturated carbocycles. The molecule has 0 aromatic carbocycles. The van der Waals surface area contributed by atoms with E-state index in [0.29, 0.717) is 34.5 Å². The quantitative estimate of drug-likeness (QED) is 0.686. The lowest BCUT2D eigenvalue weighted by Gasteiger charge is -2.62. The molecule has 31 heavy (non-hydrogen) atoms. The van der Waals surface area contributed by atoms with E-state index in [9.17, 15) is 9.59 Å². The first kappa shape index (κ1) is 21.3. The van der Waals surface area contributed by atoms with Crippen molar-refractivity contribution in [2.24, 2.45) is 23.2 Å². The standard InChI is InChI=1S/C22H25ClN6O2/c1-12-15-7-13(22(15,2)3)8-16(12)28-17-10-26-29(21(31)20(17)23)11-19(30)27-14-5-6-18(24-4)25-9-14/h5-6,9-10,12-13,15-16,28H,7-8,11H2,1-3H3,(H,27,30)/t12-,13-,15+,16-/m1/s1. The largest absolute Gasteiger partial charge is 0.379 e. The van der Waals surface area contributed by atoms with E-state index >= 15 is 0 Å². The van der Waals surface area contributed by atoms with Crippen LogP contribution in [0.15, 0.2) is 29.3 Å². The summed E-state index contributed by atoms with van der Waals surface area (Å²) in [5.74, 6) is 1.62. The van der Waals surface area contributed by atoms with Gasteiger partial charge >= 0.3 is 0 Å². The van der Waals surface area contributed by atoms with E-state index in [1.807, 2.05) is 0 Å². The van der Waals surface area contributed by atoms with Crippen LogP contribution in [-0.4, -0.2) is 26.7 Å². The predicted octanol–water partition coefficient (Wildman–Crippen LogP) is 3.96. The van der Waals surface area contributed by atoms with Gasteiger partial charge in [0, 0.05) is 6.04 Å². The summed E-state index contributed by atoms with van der Waals surface area (Å²) in [6.07, 6.45) is 5.22. The Bertz CT molecular complexity index is 1100. The van der Waals surface area contributed by atoms with Crippen LogP contribution in [0.3, 0.4) is 0 Å². The summed E-state index contributed by atoms with van der Waals surface area (Å²) in [6.45, 7) is 13.6. The van der Waals surface area contributed by atoms with E-state index in [1.165, 1.54) is 24.9 Å². The fraction of sp³-hybridized carbons (Fsp3) is 0.500. The van der Waals surface area contributed by atoms with Gasteiger partial charge in [-0.1, -0.05) is 38.9 Å². The van der Waals surface area contributed by atoms with Crippen molar-refractivity contribution in [3.05, 3.63) is 51.3 Å². The highest BCUT2D eigenvalue weighted by molar-refractivity contribution is 6.32. The molecular formula is C22H25ClN6O2. The number of amides is 1. The second-order valence-electron chi connectivity index (χ2n) is 9.11. The third-order valence-electron chi connectivity index (χ3n) is 7.12. The molecule has 0 aliphatic heterocycles. The average molecular weight is 441 g/mol. The Morgan fingerprint density at radius 1 is 1.35 bits per heavy atom. The van der Waals surface area contributed by atoms with Gasteiger partial charge in [-0.15, -0.1) is 4.98 Å². The van der Waals surface area contributed by atoms with Gasteiger partial charge < -0.3 is 15.5 Å². The normalized spacial score (nSPS) is 25.8. The molecule has 0 saturated heterocycles. The van der Waals surface area contributed by atoms with Gasteiger partial charge in [-0.05, 0) is 48.1 Å². The molecule has 0 spiro atoms. The van der Waals surface area contributed by atoms with Gasteiger partial charge in [0.2, 0.25) is 5.91 Å². The number of pyridine rings is 1. The predicted molar refractivity (Wildman–Crippen MR) is 119 cm³/mol. The highest BCUT2D eigenvalue weighted by atomic mass is 35.5. The number of nitrogens with zero attached hydrogens (tertiary/aromatic N) is 4. The van der Waals surface area contributed by atoms with Gasteiger partial charge in [0.15, 0.2) is 0 Å². The molecule has 4 atom stereocenters. The maximum Gasteiger partial charge on any atom is 0.288 e. The zero-order valence-electron chi connectivity index (χ0n) is 17.7. The molecule has 2 aromatic heterocycles. The molecule has 162 valence electrons. The van der Waals surface area contributed by atoms with Crippen LogP contribution < -0.4 is 16.2 Å². The Morgan fingerprint density at radius 3 is 2.74 bits per heavy atom. The lowest BCUT2D eigenvalue weighted by molar-refractivity contribution is -0.117. The fourth-order valence-electron chi connectivity index (χ4n) is 5.08. The summed E-state index contributed by atoms with van der Waals surface area (Å²) < 4.78 is 1.04. The molecule has 2 bridgehead atoms. The van der Waals surface area contributed by atoms with Gasteiger partial charge in [0.1, 0.15) is 17.8 Å². The van der Waals surface area contributed by atoms with Crippen LogP contribution in [0.2, 0.25) is 5.02 Å². The number of aromatic nitrogens is 3. The van der Waals surface area contributed by atoms with Crippen molar-refractivity contribution in [1.29, 1.82) is 0 Å². The minimum atomic E-state index is -0.516. The fourth-order valence-corrected chi connectivity index (χ4v) is 5.28. The monoisotopic (exact) mass is 440 g/mol. The Morgan fingerprint density at radius 2 is 2.13 bits per heavy atom. The summed E-state index contributed by atoms with van der Waals surface area (Å²) in [7, 11) is 0. The van der Waals surface area contributed by atoms with Crippen LogP contribution in [0, 0.1) is 29.7 Å². The van der Waals surface area contributed by atoms with E-state index in [0.717, 1.165) is 11.1 Å². The number of hydrogen-bond acceptors (Lipinski definition) is 5. The number of rotatable bonds is 5. The summed E-state index contributed by atoms with van der Waals surface area (Å²) in [5.41, 5.74) is 0.806. The molecule has 5 rings (SSSR count). The number of anilines is 2. The number of hydrogen-bond donors (Lipinski definition) is 2. The Labute approximate surface area is 185 Å². The number of nitrogens with one attached hydrogen (secondary N) is 2. The van der Waals surface area contributed by atoms with Crippen LogP contribution in [0.4, 0.5) is 17.2 Å². The lowest BCUT2D eigenvalue weighted by Crippen LogP contribution is -2.58. The lowest BCUT2D eigenvalue weighted by atomic mass is 9.45. The molecule has 0 unspecified atom stereocenters. The van der Waals surface area contributed by atoms with Gasteiger partial charge in [-0.2, -0.15) is 5.10 Å². The number of fused-ring (bicyclic) bond motifs is 2. The second kappa shape index (κ2) is 7.97. The average Bonchev–Trinajstić information content (AvgIpc) is 2.74. The number of carbonyl (C=O) groups is 1. The summed E-state index contributed by atoms with van der Waals surface area (Å²) in [5, 5.41) is 10.2. The molecule has 3 aliphatic rings. The molecule has 0 radical (unpaired) electrons. The van der Waals surface area contributed by atoms with E-state index in [4.69, 9.17) is 18.2 Å². The molecule has 8 nitrogen and oxygen atoms in total. The van der Waals surface area contributed by atoms with Gasteiger partial charge in [0.25, 0.3) is 11.4 Å². The third-order valence-corrected chi connectivity index (χ3v) is 7.48. The molecule has 1 amide bonds. The van der Waals surface area contributed by atoms with Crippen molar-refractivity contribution in [3.63, 3.8) is 0 Å². The first-order valence-electron chi connectivity index (χ1n) is 10.4. The van der Waals surface area contributed by atoms with E-state index in [1.54, 1.807) is 6.07 Å². The molecule has 2 aromatic rings. The summed E-state index contributed by atoms with van der Waals surface area (Å²) in [6, 6.07) is 3.33. The van der Waals surface area contributed by atoms with Crippen molar-refractivity contribution in [1.82, 2.24) is 14.8 Å². The van der Waals surface area contributed by atoms with Crippen molar-refractivity contribution in [2.45, 2.75) is 46.2 Å². The zero-order chi connectivity index (χ0) is 22.3. The van der Waals surface area contributed by atoms with Crippen molar-refractivity contribution in [2.75, 3.05) is 10.6 Å². The van der Waals surface area contributed by atoms with Crippen molar-refractivity contribution >= 4 is 34.7 Å². The van der Waals surface area contributed by atoms with Gasteiger partial charge in [0.05, 0.1) is 17.6 Å². The zero-order valence-corrected chi connectivity index (χ0v) is 18.5. The second-order valence-corrected chi connectivity index (χ2v) is 9.48. The van der Waals surface area contributed by atoms with Crippen molar-refractivity contribution in [3.8, 4) is 0 Å². The summed E-state index contributed by atoms with van der Waals surface area (Å²) >= 11 is 6.34. The molecule has 2 heterocycles. The summed E-state index contributed by atoms with van der Waals surface area (Å²) in [4.78, 5) is 32.0. The van der Waals surface area contributed by atoms with Crippen LogP contribution >= 0.6 is 11.6 Å². The molecule has 3 aliphatic carbocycles. The maximum atomic E-state index is 12.7. The minimum Gasteiger partial charge on any atom is -0.379 e. The molecule has 2 N–H and O–H groups in total. The van der Waals surface area contributed by atoms with E-state index in [-0.39, 0.29) is 23.4 Å². The Hall–Kier alpha value is -2.92. The van der Waals surface area contributed by atoms with Crippen molar-refractivity contribution < 1.29 is 4.79 Å². The molecular weight excluding hydrogens is 416 g/mol. The first-order valence-corrected chi connectivity index (χ1v) is 10.7. The van der Waals surface area contributed by atoms with E-state index < -0.39 is 11.5 Å². The van der Waals surface area contributed by atoms with Gasteiger partial charge in [-0.25, -0.2) is 4.68 Å². The SMILES string of the molecule is [C-]#[N+]c1ccc(NC(=O)Cn2ncc(N[C@@H]3C[C@H]4C[C@@H]([C@H]3C)C4(C)C)c(Cl)c2=O)cn1. The maximum absolute atomic E-state index is 12.7. The van der Waals surface area contributed by atoms with Crippen LogP contribution in [0.5, 0.6) is 0 Å². The third kappa shape index (κ3) is 3.90. The molecule has 9 heteroatoms. The number of carbonyl (C=O) groups excluding carboxylic acids is 1. The van der Waals surface area contributed by atoms with Crippen LogP contribution in [-0.2, 0) is 11.3 Å². The Balaban J connectivity index is 1.42. The Kier molecular flexibility index (Phi) is 5.48. The van der Waals surface area contributed by atoms with Crippen LogP contribution in [0.1, 0.15) is 33.6 Å². The minimum absolute atomic E-state index is 0.0385. The smallest absolute Gasteiger partial charge is 0.288 e. The van der Waals surface area contributed by atoms with Crippen LogP contribution in [0.25, 0.3) is 4.85 Å². The van der Waals surface area contributed by atoms with Gasteiger partial charge in [-0.3, -0.25) is 9.59 Å². The topological polar surface area (TPSA) is 93.3 Å². The van der Waals surface area contributed by atoms with E-state index in [2.05, 4.69) is 46.3 Å². The first-order chi connectivity index (χ1) is 14.7. The molecule has 3 fully saturated rings. The number of halogens is 1. The highest BCUT2D eigenvalue weighted by Crippen LogP contribution is 2.61.